The van der Waals surface area contributed by atoms with E-state index < -0.39 is 29.5 Å². The van der Waals surface area contributed by atoms with Crippen LogP contribution in [0.15, 0.2) is 48.5 Å². The van der Waals surface area contributed by atoms with Gasteiger partial charge in [-0.25, -0.2) is 0 Å². The molecule has 0 unspecified atom stereocenters. The second-order valence-corrected chi connectivity index (χ2v) is 8.44. The Kier molecular flexibility index (Phi) is 6.40. The molecular weight excluding hydrogens is 435 g/mol. The van der Waals surface area contributed by atoms with Gasteiger partial charge in [-0.1, -0.05) is 31.0 Å². The van der Waals surface area contributed by atoms with Gasteiger partial charge in [-0.15, -0.1) is 0 Å². The highest BCUT2D eigenvalue weighted by Gasteiger charge is 2.37. The molecule has 2 aromatic rings. The summed E-state index contributed by atoms with van der Waals surface area (Å²) in [6.07, 6.45) is -0.661. The number of para-hydroxylation sites is 1. The number of amides is 3. The molecular formula is C24H24F3N3O3. The SMILES string of the molecule is O=C(NC1CCCC1)c1ccccc1NC(=O)[C@H]1CC(=O)N(c2cccc(C(F)(F)F)c2)C1. The molecule has 4 rings (SSSR count). The minimum absolute atomic E-state index is 0.0393. The van der Waals surface area contributed by atoms with Gasteiger partial charge < -0.3 is 15.5 Å². The minimum atomic E-state index is -4.53. The molecule has 0 bridgehead atoms. The summed E-state index contributed by atoms with van der Waals surface area (Å²) >= 11 is 0. The number of hydrogen-bond donors (Lipinski definition) is 2. The molecule has 1 aliphatic heterocycles. The molecule has 3 amide bonds. The summed E-state index contributed by atoms with van der Waals surface area (Å²) in [5.41, 5.74) is -0.0934. The van der Waals surface area contributed by atoms with Gasteiger partial charge in [0.25, 0.3) is 5.91 Å². The molecule has 2 aliphatic rings. The molecule has 0 aromatic heterocycles. The van der Waals surface area contributed by atoms with Gasteiger partial charge in [0.1, 0.15) is 0 Å². The molecule has 1 heterocycles. The summed E-state index contributed by atoms with van der Waals surface area (Å²) < 4.78 is 39.1. The minimum Gasteiger partial charge on any atom is -0.349 e. The molecule has 9 heteroatoms. The number of halogens is 3. The number of hydrogen-bond acceptors (Lipinski definition) is 3. The summed E-state index contributed by atoms with van der Waals surface area (Å²) in [7, 11) is 0. The van der Waals surface area contributed by atoms with Crippen LogP contribution in [0, 0.1) is 5.92 Å². The van der Waals surface area contributed by atoms with Crippen LogP contribution in [0.2, 0.25) is 0 Å². The maximum atomic E-state index is 13.0. The van der Waals surface area contributed by atoms with E-state index in [1.54, 1.807) is 24.3 Å². The van der Waals surface area contributed by atoms with Gasteiger partial charge in [-0.3, -0.25) is 14.4 Å². The van der Waals surface area contributed by atoms with Crippen molar-refractivity contribution in [2.45, 2.75) is 44.3 Å². The van der Waals surface area contributed by atoms with Crippen molar-refractivity contribution in [3.8, 4) is 0 Å². The topological polar surface area (TPSA) is 78.5 Å². The quantitative estimate of drug-likeness (QED) is 0.697. The second kappa shape index (κ2) is 9.25. The van der Waals surface area contributed by atoms with E-state index in [2.05, 4.69) is 10.6 Å². The standard InChI is InChI=1S/C24H24F3N3O3/c25-24(26,27)16-6-5-9-18(13-16)30-14-15(12-21(30)31)22(32)29-20-11-4-3-10-19(20)23(33)28-17-7-1-2-8-17/h3-6,9-11,13,15,17H,1-2,7-8,12,14H2,(H,28,33)(H,29,32)/t15-/m0/s1. The van der Waals surface area contributed by atoms with E-state index in [1.807, 2.05) is 0 Å². The number of rotatable bonds is 5. The van der Waals surface area contributed by atoms with Crippen molar-refractivity contribution in [2.24, 2.45) is 5.92 Å². The Balaban J connectivity index is 1.45. The van der Waals surface area contributed by atoms with E-state index in [4.69, 9.17) is 0 Å². The van der Waals surface area contributed by atoms with E-state index in [1.165, 1.54) is 17.0 Å². The van der Waals surface area contributed by atoms with Crippen LogP contribution in [0.25, 0.3) is 0 Å². The Morgan fingerprint density at radius 3 is 2.45 bits per heavy atom. The Morgan fingerprint density at radius 2 is 1.73 bits per heavy atom. The largest absolute Gasteiger partial charge is 0.416 e. The lowest BCUT2D eigenvalue weighted by atomic mass is 10.1. The monoisotopic (exact) mass is 459 g/mol. The number of nitrogens with one attached hydrogen (secondary N) is 2. The van der Waals surface area contributed by atoms with Gasteiger partial charge in [0, 0.05) is 24.7 Å². The number of alkyl halides is 3. The van der Waals surface area contributed by atoms with Gasteiger partial charge in [0.2, 0.25) is 11.8 Å². The van der Waals surface area contributed by atoms with Crippen LogP contribution >= 0.6 is 0 Å². The lowest BCUT2D eigenvalue weighted by Gasteiger charge is -2.19. The van der Waals surface area contributed by atoms with Gasteiger partial charge in [-0.2, -0.15) is 13.2 Å². The van der Waals surface area contributed by atoms with Crippen molar-refractivity contribution in [1.29, 1.82) is 0 Å². The summed E-state index contributed by atoms with van der Waals surface area (Å²) in [5.74, 6) is -1.91. The third-order valence-electron chi connectivity index (χ3n) is 6.10. The van der Waals surface area contributed by atoms with Crippen LogP contribution in [0.4, 0.5) is 24.5 Å². The van der Waals surface area contributed by atoms with Crippen LogP contribution in [0.1, 0.15) is 48.0 Å². The van der Waals surface area contributed by atoms with Crippen LogP contribution in [-0.2, 0) is 15.8 Å². The Morgan fingerprint density at radius 1 is 1.00 bits per heavy atom. The average Bonchev–Trinajstić information content (AvgIpc) is 3.43. The first-order valence-electron chi connectivity index (χ1n) is 10.9. The zero-order valence-corrected chi connectivity index (χ0v) is 17.8. The number of benzene rings is 2. The summed E-state index contributed by atoms with van der Waals surface area (Å²) in [5, 5.41) is 5.71. The van der Waals surface area contributed by atoms with E-state index in [0.717, 1.165) is 37.8 Å². The molecule has 2 N–H and O–H groups in total. The molecule has 1 aliphatic carbocycles. The molecule has 2 aromatic carbocycles. The highest BCUT2D eigenvalue weighted by Crippen LogP contribution is 2.33. The summed E-state index contributed by atoms with van der Waals surface area (Å²) in [4.78, 5) is 39.3. The van der Waals surface area contributed by atoms with Crippen molar-refractivity contribution in [2.75, 3.05) is 16.8 Å². The van der Waals surface area contributed by atoms with E-state index in [9.17, 15) is 27.6 Å². The molecule has 1 saturated heterocycles. The van der Waals surface area contributed by atoms with Gasteiger partial charge in [-0.05, 0) is 43.2 Å². The molecule has 174 valence electrons. The van der Waals surface area contributed by atoms with Crippen molar-refractivity contribution >= 4 is 29.1 Å². The highest BCUT2D eigenvalue weighted by atomic mass is 19.4. The summed E-state index contributed by atoms with van der Waals surface area (Å²) in [6, 6.07) is 11.2. The Hall–Kier alpha value is -3.36. The highest BCUT2D eigenvalue weighted by molar-refractivity contribution is 6.07. The predicted molar refractivity (Wildman–Crippen MR) is 117 cm³/mol. The smallest absolute Gasteiger partial charge is 0.349 e. The number of anilines is 2. The fourth-order valence-corrected chi connectivity index (χ4v) is 4.34. The zero-order valence-electron chi connectivity index (χ0n) is 17.8. The Labute approximate surface area is 189 Å². The van der Waals surface area contributed by atoms with Crippen molar-refractivity contribution in [3.05, 3.63) is 59.7 Å². The van der Waals surface area contributed by atoms with Crippen molar-refractivity contribution < 1.29 is 27.6 Å². The number of carbonyl (C=O) groups excluding carboxylic acids is 3. The lowest BCUT2D eigenvalue weighted by molar-refractivity contribution is -0.137. The first-order valence-corrected chi connectivity index (χ1v) is 10.9. The normalized spacial score (nSPS) is 19.1. The lowest BCUT2D eigenvalue weighted by Crippen LogP contribution is -2.34. The molecule has 1 atom stereocenters. The van der Waals surface area contributed by atoms with Crippen molar-refractivity contribution in [1.82, 2.24) is 5.32 Å². The van der Waals surface area contributed by atoms with Crippen LogP contribution in [-0.4, -0.2) is 30.3 Å². The third kappa shape index (κ3) is 5.18. The molecule has 0 spiro atoms. The second-order valence-electron chi connectivity index (χ2n) is 8.44. The van der Waals surface area contributed by atoms with Gasteiger partial charge in [0.15, 0.2) is 0 Å². The molecule has 2 fully saturated rings. The van der Waals surface area contributed by atoms with E-state index >= 15 is 0 Å². The zero-order chi connectivity index (χ0) is 23.6. The van der Waals surface area contributed by atoms with Crippen LogP contribution in [0.3, 0.4) is 0 Å². The third-order valence-corrected chi connectivity index (χ3v) is 6.10. The van der Waals surface area contributed by atoms with Crippen molar-refractivity contribution in [3.63, 3.8) is 0 Å². The number of nitrogens with zero attached hydrogens (tertiary/aromatic N) is 1. The maximum Gasteiger partial charge on any atom is 0.416 e. The van der Waals surface area contributed by atoms with Crippen LogP contribution in [0.5, 0.6) is 0 Å². The first kappa shape index (κ1) is 22.8. The molecule has 1 saturated carbocycles. The molecule has 6 nitrogen and oxygen atoms in total. The van der Waals surface area contributed by atoms with Crippen LogP contribution < -0.4 is 15.5 Å². The first-order chi connectivity index (χ1) is 15.7. The maximum absolute atomic E-state index is 13.0. The van der Waals surface area contributed by atoms with Gasteiger partial charge in [0.05, 0.1) is 22.7 Å². The number of carbonyl (C=O) groups is 3. The van der Waals surface area contributed by atoms with E-state index in [-0.39, 0.29) is 30.6 Å². The summed E-state index contributed by atoms with van der Waals surface area (Å²) in [6.45, 7) is -0.0393. The van der Waals surface area contributed by atoms with Gasteiger partial charge >= 0.3 is 6.18 Å². The molecule has 33 heavy (non-hydrogen) atoms. The molecule has 0 radical (unpaired) electrons. The fourth-order valence-electron chi connectivity index (χ4n) is 4.34. The predicted octanol–water partition coefficient (Wildman–Crippen LogP) is 4.37. The fraction of sp³-hybridized carbons (Fsp3) is 0.375. The van der Waals surface area contributed by atoms with E-state index in [0.29, 0.717) is 11.3 Å². The Bertz CT molecular complexity index is 1060. The average molecular weight is 459 g/mol.